The number of nitrogens with zero attached hydrogens (tertiary/aromatic N) is 2. The average Bonchev–Trinajstić information content (AvgIpc) is 2.84. The van der Waals surface area contributed by atoms with Crippen molar-refractivity contribution in [2.45, 2.75) is 24.8 Å². The van der Waals surface area contributed by atoms with Crippen LogP contribution in [0, 0.1) is 0 Å². The van der Waals surface area contributed by atoms with Gasteiger partial charge in [0, 0.05) is 16.7 Å². The van der Waals surface area contributed by atoms with Crippen LogP contribution in [0.4, 0.5) is 5.69 Å². The first kappa shape index (κ1) is 16.1. The van der Waals surface area contributed by atoms with Gasteiger partial charge in [-0.15, -0.1) is 0 Å². The van der Waals surface area contributed by atoms with Crippen molar-refractivity contribution >= 4 is 43.2 Å². The van der Waals surface area contributed by atoms with Crippen molar-refractivity contribution < 1.29 is 13.5 Å². The quantitative estimate of drug-likeness (QED) is 0.779. The van der Waals surface area contributed by atoms with Crippen LogP contribution in [0.1, 0.15) is 19.9 Å². The van der Waals surface area contributed by atoms with Gasteiger partial charge in [0.05, 0.1) is 11.2 Å². The molecule has 0 saturated carbocycles. The van der Waals surface area contributed by atoms with Crippen molar-refractivity contribution in [3.05, 3.63) is 34.0 Å². The molecule has 0 aliphatic carbocycles. The molecule has 0 spiro atoms. The Hall–Kier alpha value is -1.25. The third kappa shape index (κ3) is 3.50. The van der Waals surface area contributed by atoms with E-state index in [0.717, 1.165) is 0 Å². The number of halogens is 2. The number of sulfonamides is 1. The predicted molar refractivity (Wildman–Crippen MR) is 84.2 cm³/mol. The summed E-state index contributed by atoms with van der Waals surface area (Å²) >= 11 is 9.10. The van der Waals surface area contributed by atoms with E-state index in [1.165, 1.54) is 29.2 Å². The van der Waals surface area contributed by atoms with Crippen molar-refractivity contribution in [1.82, 2.24) is 9.78 Å². The maximum absolute atomic E-state index is 12.3. The summed E-state index contributed by atoms with van der Waals surface area (Å²) in [7, 11) is -3.88. The second-order valence-electron chi connectivity index (χ2n) is 4.64. The lowest BCUT2D eigenvalue weighted by molar-refractivity contribution is 0.477. The van der Waals surface area contributed by atoms with Crippen molar-refractivity contribution in [1.29, 1.82) is 0 Å². The van der Waals surface area contributed by atoms with Crippen LogP contribution in [0.5, 0.6) is 5.75 Å². The molecule has 2 aromatic rings. The summed E-state index contributed by atoms with van der Waals surface area (Å²) in [6.07, 6.45) is 2.66. The van der Waals surface area contributed by atoms with Crippen LogP contribution < -0.4 is 4.72 Å². The van der Waals surface area contributed by atoms with Gasteiger partial charge in [0.15, 0.2) is 0 Å². The van der Waals surface area contributed by atoms with Crippen LogP contribution >= 0.6 is 27.5 Å². The molecule has 1 aromatic carbocycles. The smallest absolute Gasteiger partial charge is 0.265 e. The Balaban J connectivity index is 2.37. The predicted octanol–water partition coefficient (Wildman–Crippen LogP) is 3.39. The second kappa shape index (κ2) is 5.86. The highest BCUT2D eigenvalue weighted by Gasteiger charge is 2.21. The fourth-order valence-electron chi connectivity index (χ4n) is 1.60. The van der Waals surface area contributed by atoms with Gasteiger partial charge in [-0.3, -0.25) is 9.40 Å². The molecule has 0 amide bonds. The molecule has 0 atom stereocenters. The number of nitrogens with one attached hydrogen (secondary N) is 1. The van der Waals surface area contributed by atoms with Crippen LogP contribution in [-0.2, 0) is 10.0 Å². The number of rotatable bonds is 4. The molecular formula is C12H13BrClN3O3S. The van der Waals surface area contributed by atoms with Crippen LogP contribution in [0.2, 0.25) is 5.02 Å². The molecule has 2 rings (SSSR count). The number of anilines is 1. The van der Waals surface area contributed by atoms with Crippen molar-refractivity contribution in [2.75, 3.05) is 4.72 Å². The topological polar surface area (TPSA) is 84.2 Å². The molecule has 114 valence electrons. The Morgan fingerprint density at radius 3 is 2.62 bits per heavy atom. The number of benzene rings is 1. The minimum atomic E-state index is -3.88. The third-order valence-electron chi connectivity index (χ3n) is 2.69. The summed E-state index contributed by atoms with van der Waals surface area (Å²) in [5.41, 5.74) is -0.0721. The van der Waals surface area contributed by atoms with Crippen molar-refractivity contribution in [3.8, 4) is 5.75 Å². The number of phenolic OH excluding ortho intramolecular Hbond substituents is 1. The second-order valence-corrected chi connectivity index (χ2v) is 7.64. The summed E-state index contributed by atoms with van der Waals surface area (Å²) < 4.78 is 28.9. The number of hydrogen-bond donors (Lipinski definition) is 2. The van der Waals surface area contributed by atoms with Crippen molar-refractivity contribution in [2.24, 2.45) is 0 Å². The summed E-state index contributed by atoms with van der Waals surface area (Å²) in [6.45, 7) is 3.77. The Morgan fingerprint density at radius 2 is 2.10 bits per heavy atom. The zero-order valence-corrected chi connectivity index (χ0v) is 14.4. The molecule has 9 heteroatoms. The Labute approximate surface area is 135 Å². The number of aromatic nitrogens is 2. The monoisotopic (exact) mass is 393 g/mol. The van der Waals surface area contributed by atoms with Gasteiger partial charge in [-0.25, -0.2) is 8.42 Å². The van der Waals surface area contributed by atoms with E-state index < -0.39 is 10.0 Å². The first-order valence-electron chi connectivity index (χ1n) is 5.95. The minimum absolute atomic E-state index is 0.00501. The van der Waals surface area contributed by atoms with Gasteiger partial charge in [-0.1, -0.05) is 27.5 Å². The highest BCUT2D eigenvalue weighted by atomic mass is 79.9. The molecule has 21 heavy (non-hydrogen) atoms. The minimum Gasteiger partial charge on any atom is -0.506 e. The Morgan fingerprint density at radius 1 is 1.43 bits per heavy atom. The number of aromatic hydroxyl groups is 1. The van der Waals surface area contributed by atoms with E-state index in [0.29, 0.717) is 4.47 Å². The maximum Gasteiger partial charge on any atom is 0.265 e. The van der Waals surface area contributed by atoms with Gasteiger partial charge in [-0.2, -0.15) is 5.10 Å². The molecule has 1 aromatic heterocycles. The molecule has 6 nitrogen and oxygen atoms in total. The van der Waals surface area contributed by atoms with Crippen LogP contribution in [-0.4, -0.2) is 23.3 Å². The molecule has 0 bridgehead atoms. The first-order valence-corrected chi connectivity index (χ1v) is 8.61. The molecule has 2 N–H and O–H groups in total. The van der Waals surface area contributed by atoms with Gasteiger partial charge in [0.25, 0.3) is 10.0 Å². The van der Waals surface area contributed by atoms with E-state index in [9.17, 15) is 13.5 Å². The molecule has 0 radical (unpaired) electrons. The largest absolute Gasteiger partial charge is 0.506 e. The van der Waals surface area contributed by atoms with E-state index in [2.05, 4.69) is 25.8 Å². The standard InChI is InChI=1S/C12H13BrClN3O3S/c1-7(2)17-6-9(5-15-17)21(19,20)16-12-10(14)3-8(13)4-11(12)18/h3-7,16,18H,1-2H3. The Kier molecular flexibility index (Phi) is 4.50. The van der Waals surface area contributed by atoms with E-state index in [1.54, 1.807) is 0 Å². The van der Waals surface area contributed by atoms with E-state index in [1.807, 2.05) is 13.8 Å². The molecule has 0 fully saturated rings. The summed E-state index contributed by atoms with van der Waals surface area (Å²) in [4.78, 5) is -0.00501. The number of phenols is 1. The zero-order valence-electron chi connectivity index (χ0n) is 11.2. The summed E-state index contributed by atoms with van der Waals surface area (Å²) in [6, 6.07) is 2.87. The average molecular weight is 395 g/mol. The van der Waals surface area contributed by atoms with Gasteiger partial charge < -0.3 is 5.11 Å². The van der Waals surface area contributed by atoms with Gasteiger partial charge in [0.1, 0.15) is 16.3 Å². The summed E-state index contributed by atoms with van der Waals surface area (Å²) in [5.74, 6) is -0.269. The molecule has 1 heterocycles. The van der Waals surface area contributed by atoms with Gasteiger partial charge in [0.2, 0.25) is 0 Å². The highest BCUT2D eigenvalue weighted by molar-refractivity contribution is 9.10. The lowest BCUT2D eigenvalue weighted by Gasteiger charge is -2.10. The summed E-state index contributed by atoms with van der Waals surface area (Å²) in [5, 5.41) is 13.9. The molecule has 0 aliphatic rings. The van der Waals surface area contributed by atoms with Crippen LogP contribution in [0.3, 0.4) is 0 Å². The van der Waals surface area contributed by atoms with Crippen molar-refractivity contribution in [3.63, 3.8) is 0 Å². The normalized spacial score (nSPS) is 11.9. The number of hydrogen-bond acceptors (Lipinski definition) is 4. The van der Waals surface area contributed by atoms with E-state index in [4.69, 9.17) is 11.6 Å². The highest BCUT2D eigenvalue weighted by Crippen LogP contribution is 2.36. The third-order valence-corrected chi connectivity index (χ3v) is 4.75. The zero-order chi connectivity index (χ0) is 15.8. The van der Waals surface area contributed by atoms with E-state index >= 15 is 0 Å². The van der Waals surface area contributed by atoms with Gasteiger partial charge >= 0.3 is 0 Å². The lowest BCUT2D eigenvalue weighted by Crippen LogP contribution is -2.13. The fraction of sp³-hybridized carbons (Fsp3) is 0.250. The first-order chi connectivity index (χ1) is 9.70. The van der Waals surface area contributed by atoms with E-state index in [-0.39, 0.29) is 27.4 Å². The maximum atomic E-state index is 12.3. The van der Waals surface area contributed by atoms with Crippen LogP contribution in [0.25, 0.3) is 0 Å². The molecule has 0 unspecified atom stereocenters. The van der Waals surface area contributed by atoms with Crippen LogP contribution in [0.15, 0.2) is 33.9 Å². The van der Waals surface area contributed by atoms with Gasteiger partial charge in [-0.05, 0) is 26.0 Å². The molecule has 0 aliphatic heterocycles. The molecular weight excluding hydrogens is 382 g/mol. The lowest BCUT2D eigenvalue weighted by atomic mass is 10.3. The SMILES string of the molecule is CC(C)n1cc(S(=O)(=O)Nc2c(O)cc(Br)cc2Cl)cn1. The molecule has 0 saturated heterocycles. The Bertz CT molecular complexity index is 751. The fourth-order valence-corrected chi connectivity index (χ4v) is 3.53.